The van der Waals surface area contributed by atoms with Gasteiger partial charge in [0.1, 0.15) is 5.82 Å². The van der Waals surface area contributed by atoms with Crippen LogP contribution in [-0.2, 0) is 12.8 Å². The van der Waals surface area contributed by atoms with Gasteiger partial charge in [-0.1, -0.05) is 32.0 Å². The van der Waals surface area contributed by atoms with E-state index >= 15 is 0 Å². The molecule has 3 nitrogen and oxygen atoms in total. The lowest BCUT2D eigenvalue weighted by Gasteiger charge is -2.14. The van der Waals surface area contributed by atoms with Crippen LogP contribution in [0.25, 0.3) is 0 Å². The van der Waals surface area contributed by atoms with Crippen LogP contribution < -0.4 is 5.32 Å². The van der Waals surface area contributed by atoms with Gasteiger partial charge in [0.2, 0.25) is 0 Å². The molecular formula is C16H17N3. The Hall–Kier alpha value is -2.34. The Kier molecular flexibility index (Phi) is 4.15. The summed E-state index contributed by atoms with van der Waals surface area (Å²) < 4.78 is 0. The third-order valence-electron chi connectivity index (χ3n) is 3.14. The van der Waals surface area contributed by atoms with Crippen molar-refractivity contribution in [1.29, 1.82) is 5.26 Å². The molecule has 96 valence electrons. The van der Waals surface area contributed by atoms with E-state index in [1.165, 1.54) is 11.1 Å². The lowest BCUT2D eigenvalue weighted by Crippen LogP contribution is -2.01. The fourth-order valence-corrected chi connectivity index (χ4v) is 2.10. The second kappa shape index (κ2) is 6.01. The van der Waals surface area contributed by atoms with E-state index in [0.717, 1.165) is 24.3 Å². The van der Waals surface area contributed by atoms with Crippen molar-refractivity contribution in [2.75, 3.05) is 5.32 Å². The molecule has 0 atom stereocenters. The van der Waals surface area contributed by atoms with Crippen molar-refractivity contribution in [1.82, 2.24) is 4.98 Å². The van der Waals surface area contributed by atoms with Gasteiger partial charge in [-0.15, -0.1) is 0 Å². The zero-order chi connectivity index (χ0) is 13.7. The van der Waals surface area contributed by atoms with E-state index in [1.807, 2.05) is 0 Å². The van der Waals surface area contributed by atoms with Crippen LogP contribution in [0.5, 0.6) is 0 Å². The summed E-state index contributed by atoms with van der Waals surface area (Å²) in [5.41, 5.74) is 4.27. The zero-order valence-corrected chi connectivity index (χ0v) is 11.3. The van der Waals surface area contributed by atoms with Crippen LogP contribution in [0, 0.1) is 11.3 Å². The van der Waals surface area contributed by atoms with Gasteiger partial charge in [-0.25, -0.2) is 4.98 Å². The van der Waals surface area contributed by atoms with Gasteiger partial charge in [0, 0.05) is 11.9 Å². The van der Waals surface area contributed by atoms with E-state index in [4.69, 9.17) is 5.26 Å². The molecule has 1 aromatic carbocycles. The summed E-state index contributed by atoms with van der Waals surface area (Å²) in [4.78, 5) is 4.27. The normalized spacial score (nSPS) is 9.95. The number of aryl methyl sites for hydroxylation is 2. The molecule has 0 saturated carbocycles. The number of rotatable bonds is 4. The average Bonchev–Trinajstić information content (AvgIpc) is 2.47. The average molecular weight is 251 g/mol. The molecule has 0 aliphatic heterocycles. The number of anilines is 2. The number of nitrogens with zero attached hydrogens (tertiary/aromatic N) is 2. The Morgan fingerprint density at radius 2 is 1.84 bits per heavy atom. The quantitative estimate of drug-likeness (QED) is 0.898. The molecule has 0 bridgehead atoms. The van der Waals surface area contributed by atoms with Crippen molar-refractivity contribution < 1.29 is 0 Å². The van der Waals surface area contributed by atoms with Crippen molar-refractivity contribution in [3.63, 3.8) is 0 Å². The van der Waals surface area contributed by atoms with Crippen LogP contribution in [0.1, 0.15) is 30.5 Å². The van der Waals surface area contributed by atoms with Crippen LogP contribution in [0.4, 0.5) is 11.5 Å². The number of aromatic nitrogens is 1. The van der Waals surface area contributed by atoms with Gasteiger partial charge in [0.15, 0.2) is 0 Å². The fourth-order valence-electron chi connectivity index (χ4n) is 2.10. The maximum atomic E-state index is 8.92. The van der Waals surface area contributed by atoms with Crippen LogP contribution in [0.15, 0.2) is 36.5 Å². The number of benzene rings is 1. The third-order valence-corrected chi connectivity index (χ3v) is 3.14. The highest BCUT2D eigenvalue weighted by Crippen LogP contribution is 2.25. The van der Waals surface area contributed by atoms with Crippen molar-refractivity contribution in [3.8, 4) is 6.07 Å². The topological polar surface area (TPSA) is 48.7 Å². The molecule has 1 aromatic heterocycles. The van der Waals surface area contributed by atoms with Gasteiger partial charge in [0.05, 0.1) is 11.6 Å². The summed E-state index contributed by atoms with van der Waals surface area (Å²) in [5.74, 6) is 0.717. The largest absolute Gasteiger partial charge is 0.340 e. The molecule has 0 aliphatic carbocycles. The lowest BCUT2D eigenvalue weighted by molar-refractivity contribution is 1.08. The minimum atomic E-state index is 0.615. The van der Waals surface area contributed by atoms with E-state index in [0.29, 0.717) is 5.56 Å². The first-order valence-corrected chi connectivity index (χ1v) is 6.52. The Morgan fingerprint density at radius 1 is 1.16 bits per heavy atom. The van der Waals surface area contributed by atoms with Crippen molar-refractivity contribution >= 4 is 11.5 Å². The van der Waals surface area contributed by atoms with Crippen LogP contribution in [-0.4, -0.2) is 4.98 Å². The summed E-state index contributed by atoms with van der Waals surface area (Å²) in [6, 6.07) is 11.9. The molecule has 2 aromatic rings. The van der Waals surface area contributed by atoms with Gasteiger partial charge < -0.3 is 5.32 Å². The van der Waals surface area contributed by atoms with E-state index in [9.17, 15) is 0 Å². The Labute approximate surface area is 113 Å². The Morgan fingerprint density at radius 3 is 2.42 bits per heavy atom. The second-order valence-electron chi connectivity index (χ2n) is 4.32. The monoisotopic (exact) mass is 251 g/mol. The molecule has 0 saturated heterocycles. The molecule has 0 aliphatic rings. The summed E-state index contributed by atoms with van der Waals surface area (Å²) in [7, 11) is 0. The van der Waals surface area contributed by atoms with E-state index < -0.39 is 0 Å². The predicted molar refractivity (Wildman–Crippen MR) is 77.4 cm³/mol. The van der Waals surface area contributed by atoms with Crippen LogP contribution in [0.3, 0.4) is 0 Å². The highest BCUT2D eigenvalue weighted by molar-refractivity contribution is 5.65. The second-order valence-corrected chi connectivity index (χ2v) is 4.32. The first kappa shape index (κ1) is 13.1. The smallest absolute Gasteiger partial charge is 0.131 e. The van der Waals surface area contributed by atoms with E-state index in [2.05, 4.69) is 48.4 Å². The number of nitriles is 1. The number of pyridine rings is 1. The summed E-state index contributed by atoms with van der Waals surface area (Å²) in [6.07, 6.45) is 3.59. The van der Waals surface area contributed by atoms with Gasteiger partial charge >= 0.3 is 0 Å². The summed E-state index contributed by atoms with van der Waals surface area (Å²) >= 11 is 0. The molecule has 0 amide bonds. The first-order valence-electron chi connectivity index (χ1n) is 6.52. The molecule has 0 spiro atoms. The van der Waals surface area contributed by atoms with Gasteiger partial charge in [0.25, 0.3) is 0 Å². The molecule has 0 unspecified atom stereocenters. The molecule has 1 heterocycles. The number of hydrogen-bond acceptors (Lipinski definition) is 3. The third kappa shape index (κ3) is 2.92. The van der Waals surface area contributed by atoms with Crippen molar-refractivity contribution in [3.05, 3.63) is 53.2 Å². The Balaban J connectivity index is 2.39. The number of para-hydroxylation sites is 1. The summed E-state index contributed by atoms with van der Waals surface area (Å²) in [6.45, 7) is 4.28. The molecule has 2 rings (SSSR count). The number of hydrogen-bond donors (Lipinski definition) is 1. The minimum absolute atomic E-state index is 0.615. The SMILES string of the molecule is CCc1cccc(CC)c1Nc1cc(C#N)ccn1. The number of nitrogens with one attached hydrogen (secondary N) is 1. The minimum Gasteiger partial charge on any atom is -0.340 e. The Bertz CT molecular complexity index is 589. The van der Waals surface area contributed by atoms with Crippen molar-refractivity contribution in [2.24, 2.45) is 0 Å². The van der Waals surface area contributed by atoms with E-state index in [1.54, 1.807) is 18.3 Å². The fraction of sp³-hybridized carbons (Fsp3) is 0.250. The van der Waals surface area contributed by atoms with Gasteiger partial charge in [-0.3, -0.25) is 0 Å². The highest BCUT2D eigenvalue weighted by Gasteiger charge is 2.07. The first-order chi connectivity index (χ1) is 9.28. The molecule has 19 heavy (non-hydrogen) atoms. The molecule has 3 heteroatoms. The maximum absolute atomic E-state index is 8.92. The molecular weight excluding hydrogens is 234 g/mol. The highest BCUT2D eigenvalue weighted by atomic mass is 15.0. The molecule has 1 N–H and O–H groups in total. The van der Waals surface area contributed by atoms with Gasteiger partial charge in [-0.2, -0.15) is 5.26 Å². The zero-order valence-electron chi connectivity index (χ0n) is 11.3. The predicted octanol–water partition coefficient (Wildman–Crippen LogP) is 3.82. The van der Waals surface area contributed by atoms with Crippen LogP contribution >= 0.6 is 0 Å². The maximum Gasteiger partial charge on any atom is 0.131 e. The molecule has 0 fully saturated rings. The van der Waals surface area contributed by atoms with Crippen LogP contribution in [0.2, 0.25) is 0 Å². The lowest BCUT2D eigenvalue weighted by atomic mass is 10.0. The van der Waals surface area contributed by atoms with Crippen molar-refractivity contribution in [2.45, 2.75) is 26.7 Å². The summed E-state index contributed by atoms with van der Waals surface area (Å²) in [5, 5.41) is 12.3. The standard InChI is InChI=1S/C16H17N3/c1-3-13-6-5-7-14(4-2)16(13)19-15-10-12(11-17)8-9-18-15/h5-10H,3-4H2,1-2H3,(H,18,19). The van der Waals surface area contributed by atoms with E-state index in [-0.39, 0.29) is 0 Å². The van der Waals surface area contributed by atoms with Gasteiger partial charge in [-0.05, 0) is 36.1 Å². The molecule has 0 radical (unpaired) electrons.